The number of piperazine rings is 1. The molecule has 1 fully saturated rings. The Morgan fingerprint density at radius 2 is 1.66 bits per heavy atom. The molecular formula is C23H24ClN3O4S. The minimum Gasteiger partial charge on any atom is -0.340 e. The van der Waals surface area contributed by atoms with Crippen LogP contribution in [0.1, 0.15) is 30.5 Å². The van der Waals surface area contributed by atoms with Crippen LogP contribution in [0.25, 0.3) is 6.08 Å². The molecule has 2 aliphatic rings. The maximum Gasteiger partial charge on any atom is 0.243 e. The van der Waals surface area contributed by atoms with Gasteiger partial charge in [0, 0.05) is 44.3 Å². The summed E-state index contributed by atoms with van der Waals surface area (Å²) in [6, 6.07) is 13.4. The number of carbonyl (C=O) groups excluding carboxylic acids is 2. The van der Waals surface area contributed by atoms with Gasteiger partial charge in [-0.3, -0.25) is 9.59 Å². The molecule has 0 N–H and O–H groups in total. The van der Waals surface area contributed by atoms with E-state index in [0.29, 0.717) is 18.1 Å². The van der Waals surface area contributed by atoms with Gasteiger partial charge in [-0.25, -0.2) is 8.42 Å². The lowest BCUT2D eigenvalue weighted by Gasteiger charge is -2.37. The summed E-state index contributed by atoms with van der Waals surface area (Å²) in [6.45, 7) is 2.52. The number of hydrogen-bond acceptors (Lipinski definition) is 4. The molecule has 2 aliphatic heterocycles. The molecule has 2 aromatic carbocycles. The molecule has 7 nitrogen and oxygen atoms in total. The Balaban J connectivity index is 1.44. The van der Waals surface area contributed by atoms with Crippen molar-refractivity contribution in [3.05, 3.63) is 70.9 Å². The summed E-state index contributed by atoms with van der Waals surface area (Å²) in [5, 5.41) is 0.470. The van der Waals surface area contributed by atoms with Gasteiger partial charge in [0.25, 0.3) is 0 Å². The van der Waals surface area contributed by atoms with Crippen LogP contribution >= 0.6 is 11.6 Å². The van der Waals surface area contributed by atoms with E-state index in [0.717, 1.165) is 11.1 Å². The molecule has 0 saturated carbocycles. The van der Waals surface area contributed by atoms with Crippen molar-refractivity contribution in [1.29, 1.82) is 0 Å². The van der Waals surface area contributed by atoms with Crippen LogP contribution in [0.5, 0.6) is 0 Å². The fourth-order valence-corrected chi connectivity index (χ4v) is 5.69. The lowest BCUT2D eigenvalue weighted by molar-refractivity contribution is -0.135. The molecule has 1 atom stereocenters. The number of hydrogen-bond donors (Lipinski definition) is 0. The number of amides is 2. The Hall–Kier alpha value is -2.68. The molecule has 0 unspecified atom stereocenters. The first-order chi connectivity index (χ1) is 15.3. The van der Waals surface area contributed by atoms with Crippen LogP contribution in [0.2, 0.25) is 5.02 Å². The van der Waals surface area contributed by atoms with Crippen LogP contribution in [0.15, 0.2) is 59.6 Å². The highest BCUT2D eigenvalue weighted by atomic mass is 35.5. The first kappa shape index (κ1) is 22.5. The zero-order chi connectivity index (χ0) is 22.9. The second-order valence-electron chi connectivity index (χ2n) is 7.83. The summed E-state index contributed by atoms with van der Waals surface area (Å²) in [4.78, 5) is 28.7. The first-order valence-electron chi connectivity index (χ1n) is 10.4. The smallest absolute Gasteiger partial charge is 0.243 e. The lowest BCUT2D eigenvalue weighted by atomic mass is 9.93. The summed E-state index contributed by atoms with van der Waals surface area (Å²) in [7, 11) is -3.64. The molecule has 4 rings (SSSR count). The molecule has 1 saturated heterocycles. The Morgan fingerprint density at radius 3 is 2.31 bits per heavy atom. The van der Waals surface area contributed by atoms with Gasteiger partial charge in [-0.1, -0.05) is 35.9 Å². The average Bonchev–Trinajstić information content (AvgIpc) is 2.79. The molecule has 0 spiro atoms. The van der Waals surface area contributed by atoms with E-state index in [2.05, 4.69) is 0 Å². The van der Waals surface area contributed by atoms with Crippen molar-refractivity contribution in [3.63, 3.8) is 0 Å². The van der Waals surface area contributed by atoms with Gasteiger partial charge in [-0.2, -0.15) is 4.31 Å². The molecule has 0 bridgehead atoms. The van der Waals surface area contributed by atoms with E-state index in [4.69, 9.17) is 11.6 Å². The predicted molar refractivity (Wildman–Crippen MR) is 122 cm³/mol. The van der Waals surface area contributed by atoms with Crippen LogP contribution < -0.4 is 0 Å². The molecule has 168 valence electrons. The van der Waals surface area contributed by atoms with Crippen LogP contribution in [0.4, 0.5) is 0 Å². The van der Waals surface area contributed by atoms with Crippen molar-refractivity contribution in [2.24, 2.45) is 0 Å². The van der Waals surface area contributed by atoms with Gasteiger partial charge in [0.15, 0.2) is 0 Å². The molecule has 0 radical (unpaired) electrons. The van der Waals surface area contributed by atoms with Crippen molar-refractivity contribution < 1.29 is 18.0 Å². The van der Waals surface area contributed by atoms with Crippen molar-refractivity contribution in [3.8, 4) is 0 Å². The van der Waals surface area contributed by atoms with Crippen molar-refractivity contribution >= 4 is 39.5 Å². The zero-order valence-electron chi connectivity index (χ0n) is 17.6. The quantitative estimate of drug-likeness (QED) is 0.683. The highest BCUT2D eigenvalue weighted by Gasteiger charge is 2.33. The van der Waals surface area contributed by atoms with E-state index >= 15 is 0 Å². The van der Waals surface area contributed by atoms with Crippen molar-refractivity contribution in [1.82, 2.24) is 14.1 Å². The summed E-state index contributed by atoms with van der Waals surface area (Å²) in [5.74, 6) is -0.234. The monoisotopic (exact) mass is 473 g/mol. The molecule has 32 heavy (non-hydrogen) atoms. The summed E-state index contributed by atoms with van der Waals surface area (Å²) < 4.78 is 27.1. The van der Waals surface area contributed by atoms with Crippen LogP contribution in [0, 0.1) is 0 Å². The second kappa shape index (κ2) is 9.05. The Labute approximate surface area is 192 Å². The largest absolute Gasteiger partial charge is 0.340 e. The fraction of sp³-hybridized carbons (Fsp3) is 0.304. The minimum absolute atomic E-state index is 0.102. The molecule has 9 heteroatoms. The molecule has 2 heterocycles. The summed E-state index contributed by atoms with van der Waals surface area (Å²) >= 11 is 5.86. The van der Waals surface area contributed by atoms with Crippen LogP contribution in [-0.4, -0.2) is 60.5 Å². The highest BCUT2D eigenvalue weighted by Crippen LogP contribution is 2.33. The number of fused-ring (bicyclic) bond motifs is 1. The maximum absolute atomic E-state index is 13.1. The third-order valence-corrected chi connectivity index (χ3v) is 8.04. The molecule has 2 aromatic rings. The number of rotatable bonds is 4. The number of carbonyl (C=O) groups is 2. The lowest BCUT2D eigenvalue weighted by Crippen LogP contribution is -2.51. The molecule has 0 aromatic heterocycles. The SMILES string of the molecule is CC(=O)N1C=Cc2ccccc2[C@H]1CC(=O)N1CCN(S(=O)(=O)c2ccc(Cl)cc2)CC1. The highest BCUT2D eigenvalue weighted by molar-refractivity contribution is 7.89. The Bertz CT molecular complexity index is 1160. The number of benzene rings is 2. The second-order valence-corrected chi connectivity index (χ2v) is 10.2. The van der Waals surface area contributed by atoms with Crippen molar-refractivity contribution in [2.75, 3.05) is 26.2 Å². The standard InChI is InChI=1S/C23H24ClN3O4S/c1-17(28)27-11-10-18-4-2-3-5-21(18)22(27)16-23(29)25-12-14-26(15-13-25)32(30,31)20-8-6-19(24)7-9-20/h2-11,22H,12-16H2,1H3/t22-/m1/s1. The van der Waals surface area contributed by atoms with E-state index < -0.39 is 10.0 Å². The molecule has 2 amide bonds. The predicted octanol–water partition coefficient (Wildman–Crippen LogP) is 3.14. The van der Waals surface area contributed by atoms with Crippen molar-refractivity contribution in [2.45, 2.75) is 24.3 Å². The minimum atomic E-state index is -3.64. The normalized spacial score (nSPS) is 19.0. The van der Waals surface area contributed by atoms with Crippen LogP contribution in [0.3, 0.4) is 0 Å². The third kappa shape index (κ3) is 4.44. The van der Waals surface area contributed by atoms with Gasteiger partial charge in [0.05, 0.1) is 17.4 Å². The van der Waals surface area contributed by atoms with E-state index in [9.17, 15) is 18.0 Å². The van der Waals surface area contributed by atoms with Gasteiger partial charge >= 0.3 is 0 Å². The molecule has 0 aliphatic carbocycles. The summed E-state index contributed by atoms with van der Waals surface area (Å²) in [6.07, 6.45) is 3.74. The first-order valence-corrected chi connectivity index (χ1v) is 12.2. The Morgan fingerprint density at radius 1 is 1.00 bits per heavy atom. The Kier molecular flexibility index (Phi) is 6.37. The summed E-state index contributed by atoms with van der Waals surface area (Å²) in [5.41, 5.74) is 1.92. The third-order valence-electron chi connectivity index (χ3n) is 5.88. The molecular weight excluding hydrogens is 450 g/mol. The number of nitrogens with zero attached hydrogens (tertiary/aromatic N) is 3. The van der Waals surface area contributed by atoms with E-state index in [1.165, 1.54) is 23.4 Å². The van der Waals surface area contributed by atoms with Gasteiger partial charge in [0.2, 0.25) is 21.8 Å². The topological polar surface area (TPSA) is 78.0 Å². The average molecular weight is 474 g/mol. The van der Waals surface area contributed by atoms with Gasteiger partial charge in [-0.15, -0.1) is 0 Å². The van der Waals surface area contributed by atoms with Gasteiger partial charge in [0.1, 0.15) is 0 Å². The fourth-order valence-electron chi connectivity index (χ4n) is 4.14. The van der Waals surface area contributed by atoms with E-state index in [1.807, 2.05) is 30.3 Å². The number of halogens is 1. The van der Waals surface area contributed by atoms with E-state index in [1.54, 1.807) is 28.1 Å². The maximum atomic E-state index is 13.1. The number of sulfonamides is 1. The van der Waals surface area contributed by atoms with Crippen LogP contribution in [-0.2, 0) is 19.6 Å². The van der Waals surface area contributed by atoms with Gasteiger partial charge < -0.3 is 9.80 Å². The van der Waals surface area contributed by atoms with E-state index in [-0.39, 0.29) is 42.3 Å². The zero-order valence-corrected chi connectivity index (χ0v) is 19.2. The van der Waals surface area contributed by atoms with Gasteiger partial charge in [-0.05, 0) is 41.5 Å².